The second-order valence-electron chi connectivity index (χ2n) is 6.22. The number of carbonyl (C=O) groups excluding carboxylic acids is 1. The lowest BCUT2D eigenvalue weighted by Gasteiger charge is -2.25. The number of ether oxygens (including phenoxy) is 1. The molecule has 1 aliphatic rings. The van der Waals surface area contributed by atoms with Crippen LogP contribution in [0.1, 0.15) is 5.56 Å². The average molecular weight is 435 g/mol. The van der Waals surface area contributed by atoms with Crippen LogP contribution in [0.4, 0.5) is 5.69 Å². The van der Waals surface area contributed by atoms with Crippen LogP contribution in [0, 0.1) is 10.1 Å². The van der Waals surface area contributed by atoms with E-state index in [9.17, 15) is 14.9 Å². The second kappa shape index (κ2) is 10.4. The van der Waals surface area contributed by atoms with Crippen LogP contribution in [0.3, 0.4) is 0 Å². The number of nitro groups is 1. The minimum absolute atomic E-state index is 0.0338. The van der Waals surface area contributed by atoms with Crippen LogP contribution in [0.15, 0.2) is 57.4 Å². The topological polar surface area (TPSA) is 97.1 Å². The SMILES string of the molecule is O=C(CN1CCOCC1)N/N=C/c1ccc(Sc2ccc(Cl)cc2)c([N+](=O)[O-])c1. The highest BCUT2D eigenvalue weighted by Gasteiger charge is 2.16. The van der Waals surface area contributed by atoms with Crippen LogP contribution in [-0.4, -0.2) is 54.8 Å². The Bertz CT molecular complexity index is 902. The van der Waals surface area contributed by atoms with Crippen molar-refractivity contribution in [1.82, 2.24) is 10.3 Å². The largest absolute Gasteiger partial charge is 0.379 e. The maximum Gasteiger partial charge on any atom is 0.283 e. The zero-order chi connectivity index (χ0) is 20.6. The summed E-state index contributed by atoms with van der Waals surface area (Å²) >= 11 is 7.15. The van der Waals surface area contributed by atoms with Gasteiger partial charge in [-0.1, -0.05) is 29.4 Å². The molecule has 1 fully saturated rings. The summed E-state index contributed by atoms with van der Waals surface area (Å²) < 4.78 is 5.24. The van der Waals surface area contributed by atoms with Gasteiger partial charge in [-0.15, -0.1) is 0 Å². The van der Waals surface area contributed by atoms with Crippen molar-refractivity contribution < 1.29 is 14.5 Å². The molecule has 0 atom stereocenters. The Hall–Kier alpha value is -2.46. The summed E-state index contributed by atoms with van der Waals surface area (Å²) in [6.45, 7) is 2.87. The summed E-state index contributed by atoms with van der Waals surface area (Å²) in [4.78, 5) is 26.3. The van der Waals surface area contributed by atoms with Crippen LogP contribution >= 0.6 is 23.4 Å². The number of amides is 1. The number of hydrogen-bond acceptors (Lipinski definition) is 7. The molecule has 0 spiro atoms. The fraction of sp³-hybridized carbons (Fsp3) is 0.263. The molecule has 2 aromatic carbocycles. The molecule has 2 aromatic rings. The molecule has 8 nitrogen and oxygen atoms in total. The van der Waals surface area contributed by atoms with Crippen LogP contribution < -0.4 is 5.43 Å². The van der Waals surface area contributed by atoms with E-state index in [0.29, 0.717) is 41.8 Å². The van der Waals surface area contributed by atoms with E-state index in [4.69, 9.17) is 16.3 Å². The predicted molar refractivity (Wildman–Crippen MR) is 112 cm³/mol. The van der Waals surface area contributed by atoms with Crippen LogP contribution in [-0.2, 0) is 9.53 Å². The van der Waals surface area contributed by atoms with Gasteiger partial charge in [0.1, 0.15) is 0 Å². The lowest BCUT2D eigenvalue weighted by molar-refractivity contribution is -0.387. The van der Waals surface area contributed by atoms with E-state index in [-0.39, 0.29) is 18.1 Å². The van der Waals surface area contributed by atoms with Gasteiger partial charge in [-0.05, 0) is 30.3 Å². The lowest BCUT2D eigenvalue weighted by atomic mass is 10.2. The molecule has 1 aliphatic heterocycles. The van der Waals surface area contributed by atoms with Gasteiger partial charge in [0, 0.05) is 34.6 Å². The Balaban J connectivity index is 1.62. The Labute approximate surface area is 177 Å². The van der Waals surface area contributed by atoms with Crippen molar-refractivity contribution in [3.8, 4) is 0 Å². The van der Waals surface area contributed by atoms with Gasteiger partial charge in [0.05, 0.1) is 35.8 Å². The first-order valence-corrected chi connectivity index (χ1v) is 10.0. The van der Waals surface area contributed by atoms with Crippen molar-refractivity contribution >= 4 is 41.2 Å². The molecule has 1 N–H and O–H groups in total. The third-order valence-corrected chi connectivity index (χ3v) is 5.42. The van der Waals surface area contributed by atoms with Crippen molar-refractivity contribution in [1.29, 1.82) is 0 Å². The van der Waals surface area contributed by atoms with E-state index >= 15 is 0 Å². The Morgan fingerprint density at radius 1 is 1.28 bits per heavy atom. The van der Waals surface area contributed by atoms with E-state index in [1.807, 2.05) is 4.90 Å². The quantitative estimate of drug-likeness (QED) is 0.408. The van der Waals surface area contributed by atoms with E-state index < -0.39 is 4.92 Å². The van der Waals surface area contributed by atoms with Gasteiger partial charge in [-0.3, -0.25) is 19.8 Å². The number of benzene rings is 2. The summed E-state index contributed by atoms with van der Waals surface area (Å²) in [5.74, 6) is -0.243. The monoisotopic (exact) mass is 434 g/mol. The van der Waals surface area contributed by atoms with Crippen molar-refractivity contribution in [3.05, 3.63) is 63.2 Å². The lowest BCUT2D eigenvalue weighted by Crippen LogP contribution is -2.42. The molecule has 29 heavy (non-hydrogen) atoms. The molecule has 0 aromatic heterocycles. The molecule has 10 heteroatoms. The second-order valence-corrected chi connectivity index (χ2v) is 7.77. The zero-order valence-corrected chi connectivity index (χ0v) is 17.0. The Kier molecular flexibility index (Phi) is 7.59. The minimum atomic E-state index is -0.438. The van der Waals surface area contributed by atoms with Gasteiger partial charge in [0.15, 0.2) is 0 Å². The number of hydrogen-bond donors (Lipinski definition) is 1. The minimum Gasteiger partial charge on any atom is -0.379 e. The maximum absolute atomic E-state index is 11.9. The third kappa shape index (κ3) is 6.53. The van der Waals surface area contributed by atoms with Gasteiger partial charge < -0.3 is 4.74 Å². The highest BCUT2D eigenvalue weighted by atomic mass is 35.5. The van der Waals surface area contributed by atoms with E-state index in [0.717, 1.165) is 4.90 Å². The summed E-state index contributed by atoms with van der Waals surface area (Å²) in [7, 11) is 0. The number of rotatable bonds is 7. The highest BCUT2D eigenvalue weighted by Crippen LogP contribution is 2.35. The molecule has 3 rings (SSSR count). The first-order valence-electron chi connectivity index (χ1n) is 8.85. The standard InChI is InChI=1S/C19H19ClN4O4S/c20-15-2-4-16(5-3-15)29-18-6-1-14(11-17(18)24(26)27)12-21-22-19(25)13-23-7-9-28-10-8-23/h1-6,11-12H,7-10,13H2,(H,22,25)/b21-12+. The van der Waals surface area contributed by atoms with Crippen molar-refractivity contribution in [2.45, 2.75) is 9.79 Å². The maximum atomic E-state index is 11.9. The van der Waals surface area contributed by atoms with Gasteiger partial charge in [0.25, 0.3) is 11.6 Å². The smallest absolute Gasteiger partial charge is 0.283 e. The number of carbonyl (C=O) groups is 1. The first kappa shape index (κ1) is 21.3. The number of morpholine rings is 1. The molecule has 0 aliphatic carbocycles. The molecule has 0 radical (unpaired) electrons. The molecule has 1 saturated heterocycles. The number of halogens is 1. The van der Waals surface area contributed by atoms with E-state index in [2.05, 4.69) is 10.5 Å². The number of hydrazone groups is 1. The fourth-order valence-electron chi connectivity index (χ4n) is 2.65. The van der Waals surface area contributed by atoms with Crippen molar-refractivity contribution in [2.75, 3.05) is 32.8 Å². The number of nitro benzene ring substituents is 1. The van der Waals surface area contributed by atoms with Gasteiger partial charge in [-0.25, -0.2) is 5.43 Å². The van der Waals surface area contributed by atoms with Crippen molar-refractivity contribution in [3.63, 3.8) is 0 Å². The molecular weight excluding hydrogens is 416 g/mol. The summed E-state index contributed by atoms with van der Waals surface area (Å²) in [6, 6.07) is 11.9. The molecule has 0 bridgehead atoms. The third-order valence-electron chi connectivity index (χ3n) is 4.09. The van der Waals surface area contributed by atoms with E-state index in [1.165, 1.54) is 24.0 Å². The van der Waals surface area contributed by atoms with E-state index in [1.54, 1.807) is 36.4 Å². The molecule has 0 saturated carbocycles. The van der Waals surface area contributed by atoms with Crippen LogP contribution in [0.2, 0.25) is 5.02 Å². The Morgan fingerprint density at radius 3 is 2.69 bits per heavy atom. The zero-order valence-electron chi connectivity index (χ0n) is 15.4. The highest BCUT2D eigenvalue weighted by molar-refractivity contribution is 7.99. The summed E-state index contributed by atoms with van der Waals surface area (Å²) in [5, 5.41) is 16.0. The fourth-order valence-corrected chi connectivity index (χ4v) is 3.68. The van der Waals surface area contributed by atoms with Crippen molar-refractivity contribution in [2.24, 2.45) is 5.10 Å². The normalized spacial score (nSPS) is 14.8. The van der Waals surface area contributed by atoms with Gasteiger partial charge >= 0.3 is 0 Å². The molecule has 152 valence electrons. The van der Waals surface area contributed by atoms with Gasteiger partial charge in [-0.2, -0.15) is 5.10 Å². The molecule has 1 heterocycles. The van der Waals surface area contributed by atoms with Crippen LogP contribution in [0.5, 0.6) is 0 Å². The molecular formula is C19H19ClN4O4S. The first-order chi connectivity index (χ1) is 14.0. The number of nitrogens with one attached hydrogen (secondary N) is 1. The molecule has 1 amide bonds. The number of nitrogens with zero attached hydrogens (tertiary/aromatic N) is 3. The predicted octanol–water partition coefficient (Wildman–Crippen LogP) is 3.18. The summed E-state index contributed by atoms with van der Waals surface area (Å²) in [5.41, 5.74) is 2.93. The Morgan fingerprint density at radius 2 is 2.00 bits per heavy atom. The summed E-state index contributed by atoms with van der Waals surface area (Å²) in [6.07, 6.45) is 1.39. The van der Waals surface area contributed by atoms with Gasteiger partial charge in [0.2, 0.25) is 0 Å². The average Bonchev–Trinajstić information content (AvgIpc) is 2.71. The molecule has 0 unspecified atom stereocenters. The van der Waals surface area contributed by atoms with Crippen LogP contribution in [0.25, 0.3) is 0 Å².